The smallest absolute Gasteiger partial charge is 0.235 e. The van der Waals surface area contributed by atoms with Crippen molar-refractivity contribution < 1.29 is 4.79 Å². The van der Waals surface area contributed by atoms with Gasteiger partial charge in [0, 0.05) is 25.2 Å². The molecule has 0 radical (unpaired) electrons. The minimum Gasteiger partial charge on any atom is -0.342 e. The molecule has 3 rings (SSSR count). The molecule has 2 aromatic rings. The average molecular weight is 373 g/mol. The van der Waals surface area contributed by atoms with Gasteiger partial charge in [0.15, 0.2) is 11.0 Å². The first-order valence-electron chi connectivity index (χ1n) is 9.56. The van der Waals surface area contributed by atoms with Crippen LogP contribution in [-0.2, 0) is 11.3 Å². The van der Waals surface area contributed by atoms with Crippen LogP contribution in [-0.4, -0.2) is 43.9 Å². The zero-order chi connectivity index (χ0) is 18.5. The van der Waals surface area contributed by atoms with E-state index in [2.05, 4.69) is 40.7 Å². The Hall–Kier alpha value is -1.82. The van der Waals surface area contributed by atoms with Crippen LogP contribution in [0.2, 0.25) is 0 Å². The Labute approximate surface area is 160 Å². The highest BCUT2D eigenvalue weighted by atomic mass is 32.2. The molecule has 0 spiro atoms. The Morgan fingerprint density at radius 2 is 1.85 bits per heavy atom. The third-order valence-corrected chi connectivity index (χ3v) is 6.03. The third kappa shape index (κ3) is 4.11. The van der Waals surface area contributed by atoms with Gasteiger partial charge < -0.3 is 9.47 Å². The molecule has 0 aliphatic carbocycles. The second kappa shape index (κ2) is 8.71. The highest BCUT2D eigenvalue weighted by Gasteiger charge is 2.25. The fraction of sp³-hybridized carbons (Fsp3) is 0.550. The molecule has 26 heavy (non-hydrogen) atoms. The number of carbonyl (C=O) groups is 1. The zero-order valence-corrected chi connectivity index (χ0v) is 16.8. The van der Waals surface area contributed by atoms with Crippen molar-refractivity contribution in [2.75, 3.05) is 13.1 Å². The lowest BCUT2D eigenvalue weighted by Crippen LogP contribution is -2.37. The van der Waals surface area contributed by atoms with E-state index in [4.69, 9.17) is 0 Å². The maximum Gasteiger partial charge on any atom is 0.235 e. The van der Waals surface area contributed by atoms with E-state index in [0.29, 0.717) is 0 Å². The monoisotopic (exact) mass is 372 g/mol. The highest BCUT2D eigenvalue weighted by molar-refractivity contribution is 8.00. The number of aromatic nitrogens is 3. The second-order valence-corrected chi connectivity index (χ2v) is 8.17. The summed E-state index contributed by atoms with van der Waals surface area (Å²) >= 11 is 1.52. The van der Waals surface area contributed by atoms with Crippen molar-refractivity contribution in [2.24, 2.45) is 0 Å². The summed E-state index contributed by atoms with van der Waals surface area (Å²) < 4.78 is 2.11. The molecule has 1 aromatic carbocycles. The van der Waals surface area contributed by atoms with E-state index in [1.54, 1.807) is 0 Å². The predicted molar refractivity (Wildman–Crippen MR) is 106 cm³/mol. The van der Waals surface area contributed by atoms with Gasteiger partial charge in [0.05, 0.1) is 5.25 Å². The molecule has 6 heteroatoms. The van der Waals surface area contributed by atoms with Crippen LogP contribution in [0.4, 0.5) is 0 Å². The SMILES string of the molecule is CCn1c(S[C@H](C)C(=O)N2CCCCCC2)nnc1-c1ccccc1C. The first-order valence-corrected chi connectivity index (χ1v) is 10.4. The molecule has 2 heterocycles. The van der Waals surface area contributed by atoms with Gasteiger partial charge in [-0.3, -0.25) is 4.79 Å². The number of nitrogens with zero attached hydrogens (tertiary/aromatic N) is 4. The molecule has 5 nitrogen and oxygen atoms in total. The number of hydrogen-bond donors (Lipinski definition) is 0. The summed E-state index contributed by atoms with van der Waals surface area (Å²) in [5, 5.41) is 9.50. The lowest BCUT2D eigenvalue weighted by atomic mass is 10.1. The quantitative estimate of drug-likeness (QED) is 0.740. The summed E-state index contributed by atoms with van der Waals surface area (Å²) in [6.45, 7) is 8.72. The van der Waals surface area contributed by atoms with E-state index in [9.17, 15) is 4.79 Å². The van der Waals surface area contributed by atoms with E-state index in [0.717, 1.165) is 49.0 Å². The van der Waals surface area contributed by atoms with Gasteiger partial charge in [-0.05, 0) is 39.2 Å². The summed E-state index contributed by atoms with van der Waals surface area (Å²) in [7, 11) is 0. The van der Waals surface area contributed by atoms with E-state index < -0.39 is 0 Å². The van der Waals surface area contributed by atoms with E-state index in [1.165, 1.54) is 30.2 Å². The molecular weight excluding hydrogens is 344 g/mol. The molecule has 1 aliphatic heterocycles. The molecule has 1 amide bonds. The van der Waals surface area contributed by atoms with Gasteiger partial charge in [-0.25, -0.2) is 0 Å². The van der Waals surface area contributed by atoms with Crippen LogP contribution in [0, 0.1) is 6.92 Å². The fourth-order valence-electron chi connectivity index (χ4n) is 3.44. The third-order valence-electron chi connectivity index (χ3n) is 4.97. The van der Waals surface area contributed by atoms with Crippen LogP contribution in [0.15, 0.2) is 29.4 Å². The molecule has 1 atom stereocenters. The van der Waals surface area contributed by atoms with Crippen molar-refractivity contribution >= 4 is 17.7 Å². The zero-order valence-electron chi connectivity index (χ0n) is 15.9. The minimum absolute atomic E-state index is 0.146. The molecule has 1 aromatic heterocycles. The topological polar surface area (TPSA) is 51.0 Å². The molecular formula is C20H28N4OS. The number of carbonyl (C=O) groups excluding carboxylic acids is 1. The number of hydrogen-bond acceptors (Lipinski definition) is 4. The van der Waals surface area contributed by atoms with Crippen LogP contribution in [0.5, 0.6) is 0 Å². The minimum atomic E-state index is -0.146. The van der Waals surface area contributed by atoms with Gasteiger partial charge in [0.2, 0.25) is 5.91 Å². The number of rotatable bonds is 5. The van der Waals surface area contributed by atoms with Gasteiger partial charge in [0.1, 0.15) is 0 Å². The first kappa shape index (κ1) is 19.0. The van der Waals surface area contributed by atoms with Gasteiger partial charge in [-0.2, -0.15) is 0 Å². The van der Waals surface area contributed by atoms with Crippen molar-refractivity contribution in [1.82, 2.24) is 19.7 Å². The fourth-order valence-corrected chi connectivity index (χ4v) is 4.44. The Balaban J connectivity index is 1.77. The Bertz CT molecular complexity index is 750. The molecule has 1 fully saturated rings. The number of thioether (sulfide) groups is 1. The van der Waals surface area contributed by atoms with E-state index in [-0.39, 0.29) is 11.2 Å². The van der Waals surface area contributed by atoms with Crippen molar-refractivity contribution in [3.05, 3.63) is 29.8 Å². The lowest BCUT2D eigenvalue weighted by molar-refractivity contribution is -0.130. The van der Waals surface area contributed by atoms with Gasteiger partial charge in [-0.1, -0.05) is 48.9 Å². The Morgan fingerprint density at radius 1 is 1.15 bits per heavy atom. The second-order valence-electron chi connectivity index (χ2n) is 6.86. The number of aryl methyl sites for hydroxylation is 1. The van der Waals surface area contributed by atoms with Gasteiger partial charge in [0.25, 0.3) is 0 Å². The number of likely N-dealkylation sites (tertiary alicyclic amines) is 1. The summed E-state index contributed by atoms with van der Waals surface area (Å²) in [4.78, 5) is 14.9. The molecule has 0 bridgehead atoms. The van der Waals surface area contributed by atoms with E-state index >= 15 is 0 Å². The van der Waals surface area contributed by atoms with Crippen molar-refractivity contribution in [2.45, 2.75) is 63.4 Å². The molecule has 0 saturated carbocycles. The standard InChI is InChI=1S/C20H28N4OS/c1-4-24-18(17-12-8-7-11-15(17)2)21-22-20(24)26-16(3)19(25)23-13-9-5-6-10-14-23/h7-8,11-12,16H,4-6,9-10,13-14H2,1-3H3/t16-/m1/s1. The van der Waals surface area contributed by atoms with Crippen LogP contribution in [0.25, 0.3) is 11.4 Å². The maximum absolute atomic E-state index is 12.8. The average Bonchev–Trinajstić information content (AvgIpc) is 2.85. The van der Waals surface area contributed by atoms with Crippen LogP contribution >= 0.6 is 11.8 Å². The molecule has 0 N–H and O–H groups in total. The van der Waals surface area contributed by atoms with Crippen molar-refractivity contribution in [3.8, 4) is 11.4 Å². The summed E-state index contributed by atoms with van der Waals surface area (Å²) in [5.41, 5.74) is 2.28. The largest absolute Gasteiger partial charge is 0.342 e. The predicted octanol–water partition coefficient (Wildman–Crippen LogP) is 4.16. The normalized spacial score (nSPS) is 16.3. The molecule has 140 valence electrons. The van der Waals surface area contributed by atoms with Gasteiger partial charge in [-0.15, -0.1) is 10.2 Å². The molecule has 0 unspecified atom stereocenters. The first-order chi connectivity index (χ1) is 12.6. The van der Waals surface area contributed by atoms with E-state index in [1.807, 2.05) is 24.0 Å². The lowest BCUT2D eigenvalue weighted by Gasteiger charge is -2.23. The number of benzene rings is 1. The van der Waals surface area contributed by atoms with Crippen LogP contribution in [0.3, 0.4) is 0 Å². The van der Waals surface area contributed by atoms with Gasteiger partial charge >= 0.3 is 0 Å². The summed E-state index contributed by atoms with van der Waals surface area (Å²) in [6.07, 6.45) is 4.70. The Kier molecular flexibility index (Phi) is 6.35. The molecule has 1 saturated heterocycles. The summed E-state index contributed by atoms with van der Waals surface area (Å²) in [6, 6.07) is 8.21. The number of amides is 1. The molecule has 1 aliphatic rings. The maximum atomic E-state index is 12.8. The Morgan fingerprint density at radius 3 is 2.50 bits per heavy atom. The van der Waals surface area contributed by atoms with Crippen molar-refractivity contribution in [1.29, 1.82) is 0 Å². The highest BCUT2D eigenvalue weighted by Crippen LogP contribution is 2.29. The van der Waals surface area contributed by atoms with Crippen LogP contribution in [0.1, 0.15) is 45.1 Å². The van der Waals surface area contributed by atoms with Crippen molar-refractivity contribution in [3.63, 3.8) is 0 Å². The summed E-state index contributed by atoms with van der Waals surface area (Å²) in [5.74, 6) is 1.10. The van der Waals surface area contributed by atoms with Crippen LogP contribution < -0.4 is 0 Å².